The molecule has 0 spiro atoms. The number of hydrogen-bond acceptors (Lipinski definition) is 5. The third-order valence-corrected chi connectivity index (χ3v) is 6.00. The van der Waals surface area contributed by atoms with Crippen molar-refractivity contribution in [1.82, 2.24) is 9.62 Å². The zero-order chi connectivity index (χ0) is 15.8. The fourth-order valence-corrected chi connectivity index (χ4v) is 4.64. The van der Waals surface area contributed by atoms with E-state index < -0.39 is 10.0 Å². The monoisotopic (exact) mass is 316 g/mol. The van der Waals surface area contributed by atoms with Crippen molar-refractivity contribution < 1.29 is 17.9 Å². The highest BCUT2D eigenvalue weighted by molar-refractivity contribution is 7.89. The Labute approximate surface area is 126 Å². The van der Waals surface area contributed by atoms with Gasteiger partial charge in [-0.2, -0.15) is 0 Å². The van der Waals surface area contributed by atoms with Crippen molar-refractivity contribution in [2.24, 2.45) is 0 Å². The third-order valence-electron chi connectivity index (χ3n) is 4.28. The van der Waals surface area contributed by atoms with Crippen LogP contribution in [0.1, 0.15) is 36.8 Å². The molecule has 7 heteroatoms. The third kappa shape index (κ3) is 3.31. The van der Waals surface area contributed by atoms with Gasteiger partial charge in [-0.15, -0.1) is 0 Å². The Kier molecular flexibility index (Phi) is 4.77. The summed E-state index contributed by atoms with van der Waals surface area (Å²) in [5, 5.41) is 9.40. The number of rotatable bonds is 4. The van der Waals surface area contributed by atoms with Gasteiger partial charge in [0.2, 0.25) is 10.0 Å². The second-order valence-electron chi connectivity index (χ2n) is 5.85. The molecule has 1 fully saturated rings. The van der Waals surface area contributed by atoms with Gasteiger partial charge < -0.3 is 14.4 Å². The summed E-state index contributed by atoms with van der Waals surface area (Å²) >= 11 is 0. The molecule has 2 unspecified atom stereocenters. The molecule has 0 aliphatic carbocycles. The molecule has 0 amide bonds. The lowest BCUT2D eigenvalue weighted by molar-refractivity contribution is 0.178. The van der Waals surface area contributed by atoms with Gasteiger partial charge in [0.05, 0.1) is 6.61 Å². The van der Waals surface area contributed by atoms with Gasteiger partial charge in [0.1, 0.15) is 16.4 Å². The van der Waals surface area contributed by atoms with Crippen molar-refractivity contribution >= 4 is 10.0 Å². The molecule has 1 aliphatic rings. The van der Waals surface area contributed by atoms with Crippen LogP contribution < -0.4 is 4.72 Å². The zero-order valence-electron chi connectivity index (χ0n) is 13.0. The first-order valence-electron chi connectivity index (χ1n) is 7.18. The molecule has 2 atom stereocenters. The van der Waals surface area contributed by atoms with Gasteiger partial charge in [0.25, 0.3) is 0 Å². The van der Waals surface area contributed by atoms with Crippen molar-refractivity contribution in [1.29, 1.82) is 0 Å². The van der Waals surface area contributed by atoms with E-state index in [-0.39, 0.29) is 17.5 Å². The summed E-state index contributed by atoms with van der Waals surface area (Å²) in [4.78, 5) is 2.31. The van der Waals surface area contributed by atoms with Crippen molar-refractivity contribution in [3.63, 3.8) is 0 Å². The molecule has 1 aromatic heterocycles. The van der Waals surface area contributed by atoms with Gasteiger partial charge in [-0.1, -0.05) is 0 Å². The van der Waals surface area contributed by atoms with Crippen LogP contribution in [0, 0.1) is 13.8 Å². The quantitative estimate of drug-likeness (QED) is 0.871. The van der Waals surface area contributed by atoms with Crippen LogP contribution in [0.3, 0.4) is 0 Å². The van der Waals surface area contributed by atoms with Crippen LogP contribution in [-0.4, -0.2) is 44.1 Å². The van der Waals surface area contributed by atoms with E-state index in [0.717, 1.165) is 19.4 Å². The van der Waals surface area contributed by atoms with Crippen molar-refractivity contribution in [3.05, 3.63) is 17.1 Å². The lowest BCUT2D eigenvalue weighted by atomic mass is 10.0. The molecule has 6 nitrogen and oxygen atoms in total. The topological polar surface area (TPSA) is 82.8 Å². The van der Waals surface area contributed by atoms with E-state index in [9.17, 15) is 13.5 Å². The molecule has 120 valence electrons. The smallest absolute Gasteiger partial charge is 0.244 e. The fourth-order valence-electron chi connectivity index (χ4n) is 2.92. The standard InChI is InChI=1S/C14H24N2O4S/c1-9-7-12(5-6-16(9)4)15-21(18,19)14-11(3)20-10(2)13(14)8-17/h9,12,15,17H,5-8H2,1-4H3. The van der Waals surface area contributed by atoms with Crippen LogP contribution in [0.5, 0.6) is 0 Å². The molecule has 2 heterocycles. The summed E-state index contributed by atoms with van der Waals surface area (Å²) < 4.78 is 33.3. The minimum Gasteiger partial charge on any atom is -0.465 e. The SMILES string of the molecule is Cc1oc(C)c(S(=O)(=O)NC2CCN(C)C(C)C2)c1CO. The summed E-state index contributed by atoms with van der Waals surface area (Å²) in [5.41, 5.74) is 0.348. The van der Waals surface area contributed by atoms with Crippen LogP contribution in [-0.2, 0) is 16.6 Å². The van der Waals surface area contributed by atoms with Gasteiger partial charge in [0.15, 0.2) is 0 Å². The van der Waals surface area contributed by atoms with Crippen molar-refractivity contribution in [2.75, 3.05) is 13.6 Å². The van der Waals surface area contributed by atoms with Gasteiger partial charge in [0, 0.05) is 17.6 Å². The molecule has 0 radical (unpaired) electrons. The molecule has 0 saturated carbocycles. The van der Waals surface area contributed by atoms with Crippen LogP contribution >= 0.6 is 0 Å². The Morgan fingerprint density at radius 1 is 1.38 bits per heavy atom. The molecule has 0 bridgehead atoms. The van der Waals surface area contributed by atoms with Gasteiger partial charge >= 0.3 is 0 Å². The molecule has 0 aromatic carbocycles. The normalized spacial score (nSPS) is 24.4. The maximum atomic E-state index is 12.6. The predicted octanol–water partition coefficient (Wildman–Crippen LogP) is 1.15. The average molecular weight is 316 g/mol. The fraction of sp³-hybridized carbons (Fsp3) is 0.714. The highest BCUT2D eigenvalue weighted by Crippen LogP contribution is 2.27. The number of sulfonamides is 1. The number of nitrogens with zero attached hydrogens (tertiary/aromatic N) is 1. The van der Waals surface area contributed by atoms with Gasteiger partial charge in [-0.25, -0.2) is 13.1 Å². The number of aryl methyl sites for hydroxylation is 2. The minimum atomic E-state index is -3.68. The lowest BCUT2D eigenvalue weighted by Crippen LogP contribution is -2.47. The first-order chi connectivity index (χ1) is 9.76. The molecular weight excluding hydrogens is 292 g/mol. The molecule has 2 N–H and O–H groups in total. The molecule has 21 heavy (non-hydrogen) atoms. The van der Waals surface area contributed by atoms with Crippen LogP contribution in [0.25, 0.3) is 0 Å². The number of piperidine rings is 1. The van der Waals surface area contributed by atoms with E-state index in [1.54, 1.807) is 13.8 Å². The highest BCUT2D eigenvalue weighted by atomic mass is 32.2. The average Bonchev–Trinajstić information content (AvgIpc) is 2.68. The molecule has 2 rings (SSSR count). The molecule has 1 aliphatic heterocycles. The Bertz CT molecular complexity index is 609. The number of furan rings is 1. The van der Waals surface area contributed by atoms with Gasteiger partial charge in [-0.3, -0.25) is 0 Å². The molecule has 1 aromatic rings. The van der Waals surface area contributed by atoms with E-state index in [0.29, 0.717) is 23.1 Å². The lowest BCUT2D eigenvalue weighted by Gasteiger charge is -2.35. The summed E-state index contributed by atoms with van der Waals surface area (Å²) in [6.07, 6.45) is 1.56. The largest absolute Gasteiger partial charge is 0.465 e. The summed E-state index contributed by atoms with van der Waals surface area (Å²) in [6, 6.07) is 0.262. The van der Waals surface area contributed by atoms with E-state index >= 15 is 0 Å². The number of aliphatic hydroxyl groups excluding tert-OH is 1. The number of likely N-dealkylation sites (tertiary alicyclic amines) is 1. The van der Waals surface area contributed by atoms with E-state index in [4.69, 9.17) is 4.42 Å². The van der Waals surface area contributed by atoms with Crippen LogP contribution in [0.4, 0.5) is 0 Å². The first-order valence-corrected chi connectivity index (χ1v) is 8.67. The predicted molar refractivity (Wildman–Crippen MR) is 79.5 cm³/mol. The second kappa shape index (κ2) is 6.08. The summed E-state index contributed by atoms with van der Waals surface area (Å²) in [7, 11) is -1.63. The number of aliphatic hydroxyl groups is 1. The van der Waals surface area contributed by atoms with Crippen molar-refractivity contribution in [2.45, 2.75) is 57.2 Å². The maximum absolute atomic E-state index is 12.6. The zero-order valence-corrected chi connectivity index (χ0v) is 13.8. The van der Waals surface area contributed by atoms with Crippen molar-refractivity contribution in [3.8, 4) is 0 Å². The van der Waals surface area contributed by atoms with Crippen LogP contribution in [0.2, 0.25) is 0 Å². The maximum Gasteiger partial charge on any atom is 0.244 e. The Morgan fingerprint density at radius 3 is 2.62 bits per heavy atom. The van der Waals surface area contributed by atoms with Crippen LogP contribution in [0.15, 0.2) is 9.31 Å². The van der Waals surface area contributed by atoms with E-state index in [1.807, 2.05) is 7.05 Å². The Hall–Kier alpha value is -0.890. The summed E-state index contributed by atoms with van der Waals surface area (Å²) in [6.45, 7) is 5.88. The van der Waals surface area contributed by atoms with Gasteiger partial charge in [-0.05, 0) is 47.2 Å². The molecular formula is C14H24N2O4S. The highest BCUT2D eigenvalue weighted by Gasteiger charge is 2.31. The minimum absolute atomic E-state index is 0.0812. The van der Waals surface area contributed by atoms with E-state index in [2.05, 4.69) is 16.5 Å². The Morgan fingerprint density at radius 2 is 2.05 bits per heavy atom. The van der Waals surface area contributed by atoms with E-state index in [1.165, 1.54) is 0 Å². The number of nitrogens with one attached hydrogen (secondary N) is 1. The summed E-state index contributed by atoms with van der Waals surface area (Å²) in [5.74, 6) is 0.775. The first kappa shape index (κ1) is 16.5. The second-order valence-corrected chi connectivity index (χ2v) is 7.50. The number of hydrogen-bond donors (Lipinski definition) is 2. The molecule has 1 saturated heterocycles. The Balaban J connectivity index is 2.23.